The molecule has 1 saturated heterocycles. The van der Waals surface area contributed by atoms with Gasteiger partial charge in [-0.2, -0.15) is 9.29 Å². The van der Waals surface area contributed by atoms with Crippen molar-refractivity contribution in [2.24, 2.45) is 0 Å². The lowest BCUT2D eigenvalue weighted by Gasteiger charge is -2.35. The summed E-state index contributed by atoms with van der Waals surface area (Å²) in [5.74, 6) is 0.900. The lowest BCUT2D eigenvalue weighted by molar-refractivity contribution is 0.0977. The second-order valence-corrected chi connectivity index (χ2v) is 13.1. The Hall–Kier alpha value is -3.29. The first-order chi connectivity index (χ1) is 17.9. The first-order valence-electron chi connectivity index (χ1n) is 12.4. The molecule has 1 N–H and O–H groups in total. The van der Waals surface area contributed by atoms with Gasteiger partial charge in [-0.05, 0) is 51.5 Å². The lowest BCUT2D eigenvalue weighted by Crippen LogP contribution is -2.48. The number of nitrogens with zero attached hydrogens (tertiary/aromatic N) is 7. The minimum absolute atomic E-state index is 0.0981. The fourth-order valence-electron chi connectivity index (χ4n) is 4.84. The largest absolute Gasteiger partial charge is 0.369 e. The average molecular weight is 557 g/mol. The molecule has 2 aromatic heterocycles. The van der Waals surface area contributed by atoms with Crippen LogP contribution < -0.4 is 20.0 Å². The van der Waals surface area contributed by atoms with Crippen LogP contribution in [0.5, 0.6) is 0 Å². The third kappa shape index (κ3) is 4.81. The van der Waals surface area contributed by atoms with Crippen LogP contribution in [-0.2, 0) is 10.0 Å². The summed E-state index contributed by atoms with van der Waals surface area (Å²) in [6.07, 6.45) is 2.94. The Labute approximate surface area is 227 Å². The van der Waals surface area contributed by atoms with E-state index in [0.717, 1.165) is 26.9 Å². The first-order valence-corrected chi connectivity index (χ1v) is 15.1. The number of fused-ring (bicyclic) bond motifs is 2. The minimum atomic E-state index is -3.17. The van der Waals surface area contributed by atoms with Crippen molar-refractivity contribution in [2.75, 3.05) is 59.5 Å². The van der Waals surface area contributed by atoms with Crippen LogP contribution in [0.3, 0.4) is 0 Å². The van der Waals surface area contributed by atoms with Gasteiger partial charge in [0.1, 0.15) is 10.7 Å². The topological polar surface area (TPSA) is 115 Å². The van der Waals surface area contributed by atoms with Crippen LogP contribution in [0, 0.1) is 13.8 Å². The van der Waals surface area contributed by atoms with Crippen LogP contribution in [-0.4, -0.2) is 79.1 Å². The van der Waals surface area contributed by atoms with E-state index in [-0.39, 0.29) is 11.9 Å². The molecule has 0 spiro atoms. The SMILES string of the molecule is Cc1nc2c(s1)N(C)c1nc(Nc3ccc(N4CCN(S(C)(=O)=O)CC4)cc3C)ncc1N(C(C)C)C2=O. The summed E-state index contributed by atoms with van der Waals surface area (Å²) >= 11 is 1.47. The molecule has 0 bridgehead atoms. The van der Waals surface area contributed by atoms with Crippen LogP contribution in [0.1, 0.15) is 34.9 Å². The molecule has 3 aromatic rings. The van der Waals surface area contributed by atoms with Crippen molar-refractivity contribution in [1.29, 1.82) is 0 Å². The number of hydrogen-bond donors (Lipinski definition) is 1. The van der Waals surface area contributed by atoms with Crippen LogP contribution in [0.15, 0.2) is 24.4 Å². The number of anilines is 6. The summed E-state index contributed by atoms with van der Waals surface area (Å²) in [7, 11) is -1.27. The molecule has 1 aromatic carbocycles. The number of piperazine rings is 1. The second kappa shape index (κ2) is 9.79. The van der Waals surface area contributed by atoms with Gasteiger partial charge < -0.3 is 15.1 Å². The minimum Gasteiger partial charge on any atom is -0.369 e. The Morgan fingerprint density at radius 1 is 1.08 bits per heavy atom. The molecule has 11 nitrogen and oxygen atoms in total. The summed E-state index contributed by atoms with van der Waals surface area (Å²) in [6, 6.07) is 5.99. The Kier molecular flexibility index (Phi) is 6.78. The highest BCUT2D eigenvalue weighted by molar-refractivity contribution is 7.88. The summed E-state index contributed by atoms with van der Waals surface area (Å²) in [6.45, 7) is 10.1. The van der Waals surface area contributed by atoms with Crippen molar-refractivity contribution in [1.82, 2.24) is 19.3 Å². The fourth-order valence-corrected chi connectivity index (χ4v) is 6.54. The molecule has 202 valence electrons. The van der Waals surface area contributed by atoms with E-state index in [1.54, 1.807) is 11.1 Å². The highest BCUT2D eigenvalue weighted by atomic mass is 32.2. The maximum atomic E-state index is 13.4. The van der Waals surface area contributed by atoms with Crippen molar-refractivity contribution in [3.05, 3.63) is 40.7 Å². The monoisotopic (exact) mass is 556 g/mol. The summed E-state index contributed by atoms with van der Waals surface area (Å²) in [4.78, 5) is 33.1. The van der Waals surface area contributed by atoms with E-state index in [9.17, 15) is 13.2 Å². The summed E-state index contributed by atoms with van der Waals surface area (Å²) in [5.41, 5.74) is 3.99. The summed E-state index contributed by atoms with van der Waals surface area (Å²) in [5, 5.41) is 4.92. The fraction of sp³-hybridized carbons (Fsp3) is 0.440. The lowest BCUT2D eigenvalue weighted by atomic mass is 10.1. The number of benzene rings is 1. The number of amides is 1. The quantitative estimate of drug-likeness (QED) is 0.504. The van der Waals surface area contributed by atoms with Crippen molar-refractivity contribution in [3.63, 3.8) is 0 Å². The molecule has 0 aliphatic carbocycles. The molecule has 5 rings (SSSR count). The number of sulfonamides is 1. The van der Waals surface area contributed by atoms with Gasteiger partial charge in [0, 0.05) is 50.6 Å². The van der Waals surface area contributed by atoms with Gasteiger partial charge >= 0.3 is 0 Å². The van der Waals surface area contributed by atoms with E-state index in [0.29, 0.717) is 49.3 Å². The van der Waals surface area contributed by atoms with Gasteiger partial charge in [0.15, 0.2) is 11.5 Å². The van der Waals surface area contributed by atoms with Gasteiger partial charge in [-0.15, -0.1) is 11.3 Å². The van der Waals surface area contributed by atoms with Crippen LogP contribution in [0.2, 0.25) is 0 Å². The number of nitrogens with one attached hydrogen (secondary N) is 1. The van der Waals surface area contributed by atoms with Crippen LogP contribution in [0.4, 0.5) is 33.8 Å². The molecule has 1 fully saturated rings. The highest BCUT2D eigenvalue weighted by Gasteiger charge is 2.35. The van der Waals surface area contributed by atoms with Gasteiger partial charge in [-0.1, -0.05) is 0 Å². The molecular weight excluding hydrogens is 524 g/mol. The number of hydrogen-bond acceptors (Lipinski definition) is 10. The Bertz CT molecular complexity index is 1500. The molecule has 0 saturated carbocycles. The maximum Gasteiger partial charge on any atom is 0.280 e. The Balaban J connectivity index is 1.41. The van der Waals surface area contributed by atoms with Crippen molar-refractivity contribution >= 4 is 61.1 Å². The van der Waals surface area contributed by atoms with Crippen LogP contribution >= 0.6 is 11.3 Å². The number of carbonyl (C=O) groups is 1. The molecule has 13 heteroatoms. The van der Waals surface area contributed by atoms with E-state index < -0.39 is 10.0 Å². The number of thiazole rings is 1. The molecule has 2 aliphatic rings. The molecule has 2 aliphatic heterocycles. The highest BCUT2D eigenvalue weighted by Crippen LogP contribution is 2.42. The van der Waals surface area contributed by atoms with Crippen molar-refractivity contribution in [3.8, 4) is 0 Å². The third-order valence-electron chi connectivity index (χ3n) is 6.82. The van der Waals surface area contributed by atoms with E-state index in [1.165, 1.54) is 21.9 Å². The molecule has 0 atom stereocenters. The molecule has 1 amide bonds. The van der Waals surface area contributed by atoms with E-state index in [1.807, 2.05) is 51.8 Å². The van der Waals surface area contributed by atoms with Crippen molar-refractivity contribution < 1.29 is 13.2 Å². The zero-order chi connectivity index (χ0) is 27.4. The Morgan fingerprint density at radius 3 is 2.42 bits per heavy atom. The third-order valence-corrected chi connectivity index (χ3v) is 9.17. The maximum absolute atomic E-state index is 13.4. The summed E-state index contributed by atoms with van der Waals surface area (Å²) < 4.78 is 25.2. The van der Waals surface area contributed by atoms with E-state index in [2.05, 4.69) is 26.3 Å². The molecule has 38 heavy (non-hydrogen) atoms. The molecular formula is C25H32N8O3S2. The zero-order valence-electron chi connectivity index (χ0n) is 22.4. The van der Waals surface area contributed by atoms with Gasteiger partial charge in [0.05, 0.1) is 17.5 Å². The zero-order valence-corrected chi connectivity index (χ0v) is 24.0. The molecule has 4 heterocycles. The van der Waals surface area contributed by atoms with E-state index >= 15 is 0 Å². The average Bonchev–Trinajstić information content (AvgIpc) is 3.23. The van der Waals surface area contributed by atoms with Gasteiger partial charge in [-0.25, -0.2) is 18.4 Å². The van der Waals surface area contributed by atoms with Gasteiger partial charge in [0.25, 0.3) is 5.91 Å². The standard InChI is InChI=1S/C25H32N8O3S2/c1-15(2)33-20-14-26-25(29-22(20)30(5)24-21(23(33)34)27-17(4)37-24)28-19-8-7-18(13-16(19)3)31-9-11-32(12-10-31)38(6,35)36/h7-8,13-15H,9-12H2,1-6H3,(H,26,28,29). The number of carbonyl (C=O) groups excluding carboxylic acids is 1. The molecule has 0 radical (unpaired) electrons. The predicted molar refractivity (Wildman–Crippen MR) is 152 cm³/mol. The predicted octanol–water partition coefficient (Wildman–Crippen LogP) is 3.51. The van der Waals surface area contributed by atoms with Crippen molar-refractivity contribution in [2.45, 2.75) is 33.7 Å². The normalized spacial score (nSPS) is 16.5. The van der Waals surface area contributed by atoms with Crippen LogP contribution in [0.25, 0.3) is 0 Å². The molecule has 0 unspecified atom stereocenters. The van der Waals surface area contributed by atoms with E-state index in [4.69, 9.17) is 4.98 Å². The Morgan fingerprint density at radius 2 is 1.79 bits per heavy atom. The number of aryl methyl sites for hydroxylation is 2. The number of rotatable bonds is 5. The number of aromatic nitrogens is 3. The van der Waals surface area contributed by atoms with Gasteiger partial charge in [-0.3, -0.25) is 9.69 Å². The smallest absolute Gasteiger partial charge is 0.280 e. The first kappa shape index (κ1) is 26.3. The second-order valence-electron chi connectivity index (χ2n) is 9.89. The van der Waals surface area contributed by atoms with Gasteiger partial charge in [0.2, 0.25) is 16.0 Å².